The van der Waals surface area contributed by atoms with Crippen molar-refractivity contribution in [3.05, 3.63) is 24.6 Å². The van der Waals surface area contributed by atoms with Crippen LogP contribution in [0.2, 0.25) is 25.2 Å². The summed E-state index contributed by atoms with van der Waals surface area (Å²) in [5, 5.41) is 0. The Morgan fingerprint density at radius 3 is 1.75 bits per heavy atom. The van der Waals surface area contributed by atoms with Crippen molar-refractivity contribution in [1.82, 2.24) is 0 Å². The smallest absolute Gasteiger partial charge is 0.146 e. The highest BCUT2D eigenvalue weighted by atomic mass is 35.7. The number of hydrogen-bond donors (Lipinski definition) is 0. The average molecular weight is 239 g/mol. The molecule has 0 spiro atoms. The topological polar surface area (TPSA) is 0 Å². The van der Waals surface area contributed by atoms with Gasteiger partial charge in [0.05, 0.1) is 8.07 Å². The molecule has 0 aromatic rings. The molecule has 0 saturated heterocycles. The molecule has 0 fully saturated rings. The molecule has 0 rings (SSSR count). The molecule has 70 valence electrons. The van der Waals surface area contributed by atoms with Crippen LogP contribution in [0.1, 0.15) is 0 Å². The standard InChI is InChI=1S/C8H16Cl2Si2/c1-5-11(3,6-2)7-8-12(4,9)10/h5-6H,1-2,7-8H2,3-4H3. The lowest BCUT2D eigenvalue weighted by Crippen LogP contribution is -2.27. The molecule has 0 bridgehead atoms. The Morgan fingerprint density at radius 1 is 1.08 bits per heavy atom. The highest BCUT2D eigenvalue weighted by Crippen LogP contribution is 2.26. The third-order valence-electron chi connectivity index (χ3n) is 2.04. The summed E-state index contributed by atoms with van der Waals surface area (Å²) < 4.78 is 0. The molecule has 4 heteroatoms. The van der Waals surface area contributed by atoms with Crippen molar-refractivity contribution in [3.8, 4) is 0 Å². The van der Waals surface area contributed by atoms with Gasteiger partial charge >= 0.3 is 0 Å². The first-order valence-corrected chi connectivity index (χ1v) is 11.6. The van der Waals surface area contributed by atoms with E-state index in [2.05, 4.69) is 19.7 Å². The fraction of sp³-hybridized carbons (Fsp3) is 0.500. The predicted molar refractivity (Wildman–Crippen MR) is 65.0 cm³/mol. The molecule has 0 aromatic heterocycles. The van der Waals surface area contributed by atoms with Crippen LogP contribution in [-0.4, -0.2) is 14.8 Å². The van der Waals surface area contributed by atoms with Gasteiger partial charge in [0.25, 0.3) is 0 Å². The molecule has 0 saturated carbocycles. The first kappa shape index (κ1) is 12.5. The van der Waals surface area contributed by atoms with Gasteiger partial charge in [0.2, 0.25) is 6.69 Å². The van der Waals surface area contributed by atoms with Crippen molar-refractivity contribution in [2.24, 2.45) is 0 Å². The monoisotopic (exact) mass is 238 g/mol. The molecular formula is C8H16Cl2Si2. The Bertz CT molecular complexity index is 164. The molecule has 0 aliphatic heterocycles. The van der Waals surface area contributed by atoms with Crippen LogP contribution in [0.3, 0.4) is 0 Å². The second-order valence-corrected chi connectivity index (χ2v) is 16.0. The minimum Gasteiger partial charge on any atom is -0.146 e. The van der Waals surface area contributed by atoms with E-state index >= 15 is 0 Å². The van der Waals surface area contributed by atoms with Crippen LogP contribution in [0.15, 0.2) is 24.6 Å². The van der Waals surface area contributed by atoms with Crippen molar-refractivity contribution in [1.29, 1.82) is 0 Å². The highest BCUT2D eigenvalue weighted by Gasteiger charge is 2.26. The number of hydrogen-bond acceptors (Lipinski definition) is 0. The fourth-order valence-corrected chi connectivity index (χ4v) is 6.96. The van der Waals surface area contributed by atoms with E-state index in [1.807, 2.05) is 17.9 Å². The molecule has 0 aliphatic rings. The van der Waals surface area contributed by atoms with Gasteiger partial charge in [0, 0.05) is 0 Å². The van der Waals surface area contributed by atoms with E-state index in [-0.39, 0.29) is 0 Å². The zero-order valence-corrected chi connectivity index (χ0v) is 11.3. The van der Waals surface area contributed by atoms with Crippen LogP contribution in [0.25, 0.3) is 0 Å². The second kappa shape index (κ2) is 4.65. The zero-order valence-electron chi connectivity index (χ0n) is 7.74. The molecule has 0 amide bonds. The predicted octanol–water partition coefficient (Wildman–Crippen LogP) is 4.07. The van der Waals surface area contributed by atoms with Crippen LogP contribution in [-0.2, 0) is 0 Å². The van der Waals surface area contributed by atoms with E-state index in [9.17, 15) is 0 Å². The van der Waals surface area contributed by atoms with Gasteiger partial charge in [-0.2, -0.15) is 0 Å². The van der Waals surface area contributed by atoms with Gasteiger partial charge in [0.15, 0.2) is 0 Å². The average Bonchev–Trinajstić information content (AvgIpc) is 1.99. The summed E-state index contributed by atoms with van der Waals surface area (Å²) in [4.78, 5) is 0. The summed E-state index contributed by atoms with van der Waals surface area (Å²) in [5.41, 5.74) is 4.07. The quantitative estimate of drug-likeness (QED) is 0.501. The lowest BCUT2D eigenvalue weighted by Gasteiger charge is -2.20. The van der Waals surface area contributed by atoms with Gasteiger partial charge in [-0.25, -0.2) is 0 Å². The highest BCUT2D eigenvalue weighted by molar-refractivity contribution is 7.45. The van der Waals surface area contributed by atoms with E-state index in [0.717, 1.165) is 12.1 Å². The van der Waals surface area contributed by atoms with E-state index < -0.39 is 14.8 Å². The maximum absolute atomic E-state index is 6.01. The lowest BCUT2D eigenvalue weighted by atomic mass is 10.9. The Hall–Kier alpha value is 0.494. The van der Waals surface area contributed by atoms with Crippen molar-refractivity contribution in [2.75, 3.05) is 0 Å². The van der Waals surface area contributed by atoms with Crippen LogP contribution >= 0.6 is 22.2 Å². The number of halogens is 2. The lowest BCUT2D eigenvalue weighted by molar-refractivity contribution is 1.35. The van der Waals surface area contributed by atoms with Crippen molar-refractivity contribution in [3.63, 3.8) is 0 Å². The largest absolute Gasteiger partial charge is 0.248 e. The molecule has 0 aromatic carbocycles. The van der Waals surface area contributed by atoms with Crippen molar-refractivity contribution in [2.45, 2.75) is 25.2 Å². The Morgan fingerprint density at radius 2 is 1.50 bits per heavy atom. The Balaban J connectivity index is 4.06. The van der Waals surface area contributed by atoms with Gasteiger partial charge in [-0.05, 0) is 12.6 Å². The van der Waals surface area contributed by atoms with Gasteiger partial charge in [-0.1, -0.05) is 24.0 Å². The van der Waals surface area contributed by atoms with Crippen LogP contribution < -0.4 is 0 Å². The second-order valence-electron chi connectivity index (χ2n) is 3.48. The van der Waals surface area contributed by atoms with Crippen molar-refractivity contribution >= 4 is 36.9 Å². The van der Waals surface area contributed by atoms with E-state index in [4.69, 9.17) is 22.2 Å². The molecule has 0 radical (unpaired) electrons. The summed E-state index contributed by atoms with van der Waals surface area (Å²) >= 11 is 12.0. The third kappa shape index (κ3) is 5.19. The normalized spacial score (nSPS) is 12.7. The first-order valence-electron chi connectivity index (χ1n) is 3.98. The summed E-state index contributed by atoms with van der Waals surface area (Å²) in [6, 6.07) is 2.02. The third-order valence-corrected chi connectivity index (χ3v) is 7.99. The minimum absolute atomic E-state index is 0.941. The molecular weight excluding hydrogens is 223 g/mol. The maximum atomic E-state index is 6.01. The molecule has 0 heterocycles. The number of rotatable bonds is 5. The molecule has 0 atom stereocenters. The molecule has 0 aliphatic carbocycles. The summed E-state index contributed by atoms with van der Waals surface area (Å²) in [7, 11) is -1.41. The van der Waals surface area contributed by atoms with Crippen molar-refractivity contribution < 1.29 is 0 Å². The van der Waals surface area contributed by atoms with E-state index in [1.165, 1.54) is 0 Å². The maximum Gasteiger partial charge on any atom is 0.248 e. The molecule has 0 N–H and O–H groups in total. The van der Waals surface area contributed by atoms with Gasteiger partial charge in [0.1, 0.15) is 0 Å². The molecule has 0 unspecified atom stereocenters. The van der Waals surface area contributed by atoms with E-state index in [0.29, 0.717) is 0 Å². The summed E-state index contributed by atoms with van der Waals surface area (Å²) in [6.07, 6.45) is 0. The zero-order chi connectivity index (χ0) is 9.83. The Kier molecular flexibility index (Phi) is 4.84. The van der Waals surface area contributed by atoms with Crippen LogP contribution in [0.5, 0.6) is 0 Å². The van der Waals surface area contributed by atoms with E-state index in [1.54, 1.807) is 0 Å². The Labute approximate surface area is 86.7 Å². The van der Waals surface area contributed by atoms with Gasteiger partial charge in [-0.15, -0.1) is 35.3 Å². The fourth-order valence-electron chi connectivity index (χ4n) is 0.776. The first-order chi connectivity index (χ1) is 5.33. The van der Waals surface area contributed by atoms with Crippen LogP contribution in [0, 0.1) is 0 Å². The van der Waals surface area contributed by atoms with Gasteiger partial charge < -0.3 is 0 Å². The summed E-state index contributed by atoms with van der Waals surface area (Å²) in [6.45, 7) is 9.91. The summed E-state index contributed by atoms with van der Waals surface area (Å²) in [5.74, 6) is 0. The van der Waals surface area contributed by atoms with Crippen LogP contribution in [0.4, 0.5) is 0 Å². The minimum atomic E-state index is -1.92. The SMILES string of the molecule is C=C[Si](C)(C=C)CC[Si](C)(Cl)Cl. The molecule has 12 heavy (non-hydrogen) atoms. The van der Waals surface area contributed by atoms with Gasteiger partial charge in [-0.3, -0.25) is 0 Å². The molecule has 0 nitrogen and oxygen atoms in total.